The quantitative estimate of drug-likeness (QED) is 0.389. The second-order valence-corrected chi connectivity index (χ2v) is 4.40. The highest BCUT2D eigenvalue weighted by molar-refractivity contribution is 8.79. The van der Waals surface area contributed by atoms with Crippen molar-refractivity contribution in [1.82, 2.24) is 0 Å². The van der Waals surface area contributed by atoms with E-state index in [4.69, 9.17) is 0 Å². The molecule has 0 nitrogen and oxygen atoms in total. The van der Waals surface area contributed by atoms with Gasteiger partial charge in [0.2, 0.25) is 0 Å². The molecule has 0 saturated heterocycles. The van der Waals surface area contributed by atoms with Gasteiger partial charge in [0, 0.05) is 4.91 Å². The molecule has 0 fully saturated rings. The van der Waals surface area contributed by atoms with Crippen LogP contribution in [0, 0.1) is 0 Å². The van der Waals surface area contributed by atoms with E-state index in [1.54, 1.807) is 21.6 Å². The third kappa shape index (κ3) is 2.35. The lowest BCUT2D eigenvalue weighted by Gasteiger charge is -1.93. The summed E-state index contributed by atoms with van der Waals surface area (Å²) >= 11 is 0. The molecule has 0 spiro atoms. The van der Waals surface area contributed by atoms with Crippen LogP contribution in [0.2, 0.25) is 0 Å². The minimum Gasteiger partial charge on any atom is -0.110 e. The lowest BCUT2D eigenvalue weighted by molar-refractivity contribution is 1.67. The van der Waals surface area contributed by atoms with Crippen molar-refractivity contribution in [2.24, 2.45) is 0 Å². The summed E-state index contributed by atoms with van der Waals surface area (Å²) in [6.07, 6.45) is 4.05. The summed E-state index contributed by atoms with van der Waals surface area (Å²) in [6.45, 7) is 4.18. The fourth-order valence-electron chi connectivity index (χ4n) is 0.456. The van der Waals surface area contributed by atoms with Gasteiger partial charge in [0.15, 0.2) is 0 Å². The van der Waals surface area contributed by atoms with Crippen molar-refractivity contribution in [2.45, 2.75) is 13.8 Å². The summed E-state index contributed by atoms with van der Waals surface area (Å²) in [5.74, 6) is 0. The molecule has 0 amide bonds. The third-order valence-corrected chi connectivity index (χ3v) is 3.54. The van der Waals surface area contributed by atoms with E-state index in [9.17, 15) is 0 Å². The highest BCUT2D eigenvalue weighted by Crippen LogP contribution is 2.36. The van der Waals surface area contributed by atoms with Gasteiger partial charge in [0.1, 0.15) is 0 Å². The van der Waals surface area contributed by atoms with Crippen molar-refractivity contribution in [2.75, 3.05) is 0 Å². The first-order valence-electron chi connectivity index (χ1n) is 2.74. The smallest absolute Gasteiger partial charge is 0.0348 e. The zero-order chi connectivity index (χ0) is 6.69. The molecule has 1 rings (SSSR count). The van der Waals surface area contributed by atoms with Gasteiger partial charge < -0.3 is 0 Å². The zero-order valence-electron chi connectivity index (χ0n) is 5.47. The summed E-state index contributed by atoms with van der Waals surface area (Å²) in [6, 6.07) is 0. The highest BCUT2D eigenvalue weighted by Gasteiger charge is 1.94. The second-order valence-electron chi connectivity index (χ2n) is 1.81. The summed E-state index contributed by atoms with van der Waals surface area (Å²) in [4.78, 5) is 2.58. The van der Waals surface area contributed by atoms with Crippen LogP contribution >= 0.6 is 21.6 Å². The minimum atomic E-state index is 1.24. The van der Waals surface area contributed by atoms with E-state index >= 15 is 0 Å². The summed E-state index contributed by atoms with van der Waals surface area (Å²) in [7, 11) is 3.56. The summed E-state index contributed by atoms with van der Waals surface area (Å²) in [5.41, 5.74) is 3.13. The Hall–Kier alpha value is -0.0400. The molecule has 1 heterocycles. The van der Waals surface area contributed by atoms with Crippen LogP contribution in [0.4, 0.5) is 0 Å². The van der Waals surface area contributed by atoms with Crippen LogP contribution in [-0.4, -0.2) is 0 Å². The molecule has 0 aromatic heterocycles. The van der Waals surface area contributed by atoms with Crippen molar-refractivity contribution >= 4 is 21.6 Å². The van der Waals surface area contributed by atoms with Crippen molar-refractivity contribution < 1.29 is 0 Å². The van der Waals surface area contributed by atoms with Gasteiger partial charge in [-0.2, -0.15) is 0 Å². The third-order valence-electron chi connectivity index (χ3n) is 0.903. The van der Waals surface area contributed by atoms with E-state index in [0.29, 0.717) is 0 Å². The van der Waals surface area contributed by atoms with Crippen LogP contribution in [-0.2, 0) is 0 Å². The van der Waals surface area contributed by atoms with Crippen molar-refractivity contribution in [1.29, 1.82) is 0 Å². The largest absolute Gasteiger partial charge is 0.110 e. The lowest BCUT2D eigenvalue weighted by Crippen LogP contribution is -1.56. The average Bonchev–Trinajstić information content (AvgIpc) is 1.97. The van der Waals surface area contributed by atoms with Gasteiger partial charge in [-0.15, -0.1) is 5.73 Å². The molecule has 1 aliphatic heterocycles. The summed E-state index contributed by atoms with van der Waals surface area (Å²) in [5, 5.41) is 0. The number of hydrogen-bond acceptors (Lipinski definition) is 2. The van der Waals surface area contributed by atoms with Crippen LogP contribution in [0.3, 0.4) is 0 Å². The zero-order valence-corrected chi connectivity index (χ0v) is 7.10. The normalized spacial score (nSPS) is 18.4. The molecule has 2 heteroatoms. The average molecular weight is 156 g/mol. The van der Waals surface area contributed by atoms with Gasteiger partial charge in [-0.3, -0.25) is 0 Å². The maximum atomic E-state index is 3.13. The predicted octanol–water partition coefficient (Wildman–Crippen LogP) is 3.34. The Labute approximate surface area is 63.5 Å². The van der Waals surface area contributed by atoms with Crippen LogP contribution in [0.1, 0.15) is 13.8 Å². The minimum absolute atomic E-state index is 1.24. The van der Waals surface area contributed by atoms with Gasteiger partial charge in [0.25, 0.3) is 0 Å². The molecule has 0 bridgehead atoms. The fraction of sp³-hybridized carbons (Fsp3) is 0.286. The topological polar surface area (TPSA) is 0 Å². The standard InChI is InChI=1S/C7H8S2/c1-6-4-3-5-7(2)9-8-6/h3-4H,1-2H3. The van der Waals surface area contributed by atoms with E-state index in [-0.39, 0.29) is 0 Å². The molecule has 0 aromatic carbocycles. The van der Waals surface area contributed by atoms with Crippen molar-refractivity contribution in [3.8, 4) is 0 Å². The van der Waals surface area contributed by atoms with Crippen molar-refractivity contribution in [3.05, 3.63) is 27.7 Å². The van der Waals surface area contributed by atoms with E-state index in [2.05, 4.69) is 25.7 Å². The molecule has 48 valence electrons. The van der Waals surface area contributed by atoms with E-state index < -0.39 is 0 Å². The first-order chi connectivity index (χ1) is 4.29. The Kier molecular flexibility index (Phi) is 2.52. The maximum Gasteiger partial charge on any atom is 0.0348 e. The first kappa shape index (κ1) is 7.07. The molecule has 0 aliphatic carbocycles. The maximum absolute atomic E-state index is 3.13. The molecule has 0 aromatic rings. The Morgan fingerprint density at radius 1 is 1.33 bits per heavy atom. The number of hydrogen-bond donors (Lipinski definition) is 0. The lowest BCUT2D eigenvalue weighted by atomic mass is 10.5. The van der Waals surface area contributed by atoms with Crippen LogP contribution in [0.15, 0.2) is 27.7 Å². The Morgan fingerprint density at radius 2 is 2.11 bits per heavy atom. The molecule has 9 heavy (non-hydrogen) atoms. The molecule has 0 unspecified atom stereocenters. The van der Waals surface area contributed by atoms with Crippen molar-refractivity contribution in [3.63, 3.8) is 0 Å². The Balaban J connectivity index is 2.80. The number of rotatable bonds is 0. The SMILES string of the molecule is CC1=C=CC=C(C)SS1. The summed E-state index contributed by atoms with van der Waals surface area (Å²) < 4.78 is 0. The molecule has 0 saturated carbocycles. The van der Waals surface area contributed by atoms with Gasteiger partial charge >= 0.3 is 0 Å². The Morgan fingerprint density at radius 3 is 2.89 bits per heavy atom. The fourth-order valence-corrected chi connectivity index (χ4v) is 2.03. The highest BCUT2D eigenvalue weighted by atomic mass is 33.1. The molecular weight excluding hydrogens is 148 g/mol. The van der Waals surface area contributed by atoms with Crippen LogP contribution in [0.5, 0.6) is 0 Å². The molecule has 0 radical (unpaired) electrons. The molecule has 0 N–H and O–H groups in total. The predicted molar refractivity (Wildman–Crippen MR) is 46.2 cm³/mol. The van der Waals surface area contributed by atoms with Crippen LogP contribution < -0.4 is 0 Å². The van der Waals surface area contributed by atoms with Gasteiger partial charge in [0.05, 0.1) is 0 Å². The second kappa shape index (κ2) is 3.21. The monoisotopic (exact) mass is 156 g/mol. The first-order valence-corrected chi connectivity index (χ1v) is 4.89. The molecule has 1 aliphatic rings. The van der Waals surface area contributed by atoms with Gasteiger partial charge in [-0.1, -0.05) is 10.8 Å². The van der Waals surface area contributed by atoms with Crippen LogP contribution in [0.25, 0.3) is 0 Å². The molecular formula is C7H8S2. The number of allylic oxidation sites excluding steroid dienone is 3. The molecule has 0 atom stereocenters. The van der Waals surface area contributed by atoms with Gasteiger partial charge in [-0.05, 0) is 41.7 Å². The van der Waals surface area contributed by atoms with E-state index in [1.807, 2.05) is 6.08 Å². The Bertz CT molecular complexity index is 195. The van der Waals surface area contributed by atoms with Gasteiger partial charge in [-0.25, -0.2) is 0 Å². The van der Waals surface area contributed by atoms with E-state index in [1.165, 1.54) is 9.81 Å². The van der Waals surface area contributed by atoms with E-state index in [0.717, 1.165) is 0 Å².